The van der Waals surface area contributed by atoms with Crippen molar-refractivity contribution in [1.29, 1.82) is 0 Å². The number of hydrogen-bond donors (Lipinski definition) is 2. The van der Waals surface area contributed by atoms with Crippen molar-refractivity contribution < 1.29 is 19.7 Å². The minimum atomic E-state index is -0.211. The van der Waals surface area contributed by atoms with E-state index in [1.54, 1.807) is 0 Å². The molecule has 4 nitrogen and oxygen atoms in total. The predicted molar refractivity (Wildman–Crippen MR) is 118 cm³/mol. The summed E-state index contributed by atoms with van der Waals surface area (Å²) in [5.41, 5.74) is 0.575. The fourth-order valence-electron chi connectivity index (χ4n) is 8.96. The zero-order chi connectivity index (χ0) is 21.7. The third kappa shape index (κ3) is 3.64. The molecule has 4 aliphatic carbocycles. The van der Waals surface area contributed by atoms with Crippen LogP contribution in [0.2, 0.25) is 0 Å². The minimum absolute atomic E-state index is 0.0612. The van der Waals surface area contributed by atoms with Crippen LogP contribution in [0.5, 0.6) is 0 Å². The maximum Gasteiger partial charge on any atom is 0.305 e. The second-order valence-electron chi connectivity index (χ2n) is 11.8. The molecule has 0 saturated heterocycles. The summed E-state index contributed by atoms with van der Waals surface area (Å²) in [7, 11) is 0. The van der Waals surface area contributed by atoms with Gasteiger partial charge in [0.25, 0.3) is 0 Å². The van der Waals surface area contributed by atoms with E-state index in [0.29, 0.717) is 48.5 Å². The average Bonchev–Trinajstić information content (AvgIpc) is 3.05. The summed E-state index contributed by atoms with van der Waals surface area (Å²) in [6.07, 6.45) is 9.82. The van der Waals surface area contributed by atoms with Crippen molar-refractivity contribution in [3.63, 3.8) is 0 Å². The van der Waals surface area contributed by atoms with E-state index in [2.05, 4.69) is 20.8 Å². The molecule has 0 unspecified atom stereocenters. The molecule has 4 saturated carbocycles. The van der Waals surface area contributed by atoms with Gasteiger partial charge in [-0.1, -0.05) is 20.8 Å². The maximum atomic E-state index is 11.9. The van der Waals surface area contributed by atoms with Gasteiger partial charge in [0.05, 0.1) is 18.8 Å². The van der Waals surface area contributed by atoms with Gasteiger partial charge in [-0.2, -0.15) is 0 Å². The number of rotatable bonds is 5. The molecule has 0 amide bonds. The molecule has 0 bridgehead atoms. The molecule has 0 radical (unpaired) electrons. The van der Waals surface area contributed by atoms with E-state index in [-0.39, 0.29) is 29.0 Å². The lowest BCUT2D eigenvalue weighted by Crippen LogP contribution is -2.58. The first-order chi connectivity index (χ1) is 14.2. The van der Waals surface area contributed by atoms with Crippen LogP contribution in [0, 0.1) is 46.3 Å². The molecule has 10 atom stereocenters. The van der Waals surface area contributed by atoms with Gasteiger partial charge in [0.1, 0.15) is 0 Å². The number of fused-ring (bicyclic) bond motifs is 5. The van der Waals surface area contributed by atoms with Crippen LogP contribution in [-0.4, -0.2) is 35.0 Å². The van der Waals surface area contributed by atoms with Crippen molar-refractivity contribution >= 4 is 5.97 Å². The largest absolute Gasteiger partial charge is 0.466 e. The lowest BCUT2D eigenvalue weighted by molar-refractivity contribution is -0.174. The third-order valence-electron chi connectivity index (χ3n) is 10.5. The topological polar surface area (TPSA) is 66.8 Å². The van der Waals surface area contributed by atoms with Gasteiger partial charge in [-0.05, 0) is 111 Å². The van der Waals surface area contributed by atoms with Gasteiger partial charge in [-0.3, -0.25) is 4.79 Å². The summed E-state index contributed by atoms with van der Waals surface area (Å²) in [6, 6.07) is 0. The van der Waals surface area contributed by atoms with E-state index in [1.165, 1.54) is 25.7 Å². The number of aliphatic hydroxyl groups is 2. The highest BCUT2D eigenvalue weighted by Crippen LogP contribution is 2.68. The normalized spacial score (nSPS) is 48.9. The standard InChI is InChI=1S/C26H44O4/c1-5-30-23(29)9-6-16(2)19-7-8-20-24-21(11-13-26(19,20)4)25(3)12-10-18(27)14-17(25)15-22(24)28/h16-22,24,27-28H,5-15H2,1-4H3/t16-,17+,18-,19-,20+,21+,22-,24+,25+,26-/m1/s1. The lowest BCUT2D eigenvalue weighted by atomic mass is 9.43. The van der Waals surface area contributed by atoms with E-state index in [0.717, 1.165) is 32.1 Å². The Labute approximate surface area is 183 Å². The van der Waals surface area contributed by atoms with Gasteiger partial charge in [-0.15, -0.1) is 0 Å². The molecule has 4 fully saturated rings. The van der Waals surface area contributed by atoms with Crippen LogP contribution in [0.15, 0.2) is 0 Å². The van der Waals surface area contributed by atoms with Crippen molar-refractivity contribution in [2.24, 2.45) is 46.3 Å². The SMILES string of the molecule is CCOC(=O)CC[C@@H](C)[C@H]1CC[C@H]2[C@@H]3[C@H](O)C[C@@H]4C[C@H](O)CC[C@]4(C)[C@H]3CC[C@]12C. The second-order valence-corrected chi connectivity index (χ2v) is 11.8. The monoisotopic (exact) mass is 420 g/mol. The maximum absolute atomic E-state index is 11.9. The van der Waals surface area contributed by atoms with Crippen molar-refractivity contribution in [3.05, 3.63) is 0 Å². The number of aliphatic hydroxyl groups excluding tert-OH is 2. The molecule has 4 rings (SSSR count). The Morgan fingerprint density at radius 2 is 1.73 bits per heavy atom. The molecule has 2 N–H and O–H groups in total. The van der Waals surface area contributed by atoms with Crippen molar-refractivity contribution in [2.45, 2.75) is 104 Å². The van der Waals surface area contributed by atoms with Gasteiger partial charge in [0.2, 0.25) is 0 Å². The number of ether oxygens (including phenoxy) is 1. The molecule has 0 spiro atoms. The summed E-state index contributed by atoms with van der Waals surface area (Å²) in [4.78, 5) is 11.9. The predicted octanol–water partition coefficient (Wildman–Crippen LogP) is 4.96. The van der Waals surface area contributed by atoms with Crippen molar-refractivity contribution in [1.82, 2.24) is 0 Å². The van der Waals surface area contributed by atoms with Crippen LogP contribution in [0.3, 0.4) is 0 Å². The van der Waals surface area contributed by atoms with E-state index in [9.17, 15) is 15.0 Å². The van der Waals surface area contributed by atoms with E-state index >= 15 is 0 Å². The van der Waals surface area contributed by atoms with Gasteiger partial charge >= 0.3 is 5.97 Å². The smallest absolute Gasteiger partial charge is 0.305 e. The van der Waals surface area contributed by atoms with Crippen molar-refractivity contribution in [2.75, 3.05) is 6.61 Å². The first kappa shape index (κ1) is 22.6. The Hall–Kier alpha value is -0.610. The van der Waals surface area contributed by atoms with Crippen LogP contribution in [0.1, 0.15) is 91.9 Å². The van der Waals surface area contributed by atoms with Crippen molar-refractivity contribution in [3.8, 4) is 0 Å². The first-order valence-corrected chi connectivity index (χ1v) is 12.7. The molecule has 172 valence electrons. The van der Waals surface area contributed by atoms with Gasteiger partial charge in [0.15, 0.2) is 0 Å². The summed E-state index contributed by atoms with van der Waals surface area (Å²) in [5.74, 6) is 3.20. The van der Waals surface area contributed by atoms with Gasteiger partial charge in [0, 0.05) is 6.42 Å². The molecule has 0 heterocycles. The molecule has 4 aliphatic rings. The Bertz CT molecular complexity index is 635. The zero-order valence-corrected chi connectivity index (χ0v) is 19.6. The second kappa shape index (κ2) is 8.39. The molecule has 4 heteroatoms. The lowest BCUT2D eigenvalue weighted by Gasteiger charge is -2.62. The number of hydrogen-bond acceptors (Lipinski definition) is 4. The summed E-state index contributed by atoms with van der Waals surface area (Å²) in [6.45, 7) is 9.65. The van der Waals surface area contributed by atoms with E-state index in [4.69, 9.17) is 4.74 Å². The van der Waals surface area contributed by atoms with Crippen LogP contribution >= 0.6 is 0 Å². The molecule has 0 aromatic carbocycles. The quantitative estimate of drug-likeness (QED) is 0.617. The van der Waals surface area contributed by atoms with Gasteiger partial charge < -0.3 is 14.9 Å². The van der Waals surface area contributed by atoms with Gasteiger partial charge in [-0.25, -0.2) is 0 Å². The van der Waals surface area contributed by atoms with E-state index in [1.807, 2.05) is 6.92 Å². The fourth-order valence-corrected chi connectivity index (χ4v) is 8.96. The van der Waals surface area contributed by atoms with E-state index < -0.39 is 0 Å². The molecule has 0 aromatic heterocycles. The van der Waals surface area contributed by atoms with Crippen LogP contribution in [0.25, 0.3) is 0 Å². The third-order valence-corrected chi connectivity index (χ3v) is 10.5. The summed E-state index contributed by atoms with van der Waals surface area (Å²) < 4.78 is 5.15. The Morgan fingerprint density at radius 1 is 1.03 bits per heavy atom. The van der Waals surface area contributed by atoms with Crippen LogP contribution in [0.4, 0.5) is 0 Å². The highest BCUT2D eigenvalue weighted by Gasteiger charge is 2.62. The average molecular weight is 421 g/mol. The minimum Gasteiger partial charge on any atom is -0.466 e. The summed E-state index contributed by atoms with van der Waals surface area (Å²) >= 11 is 0. The molecular formula is C26H44O4. The first-order valence-electron chi connectivity index (χ1n) is 12.7. The van der Waals surface area contributed by atoms with Crippen LogP contribution < -0.4 is 0 Å². The highest BCUT2D eigenvalue weighted by atomic mass is 16.5. The molecule has 0 aliphatic heterocycles. The number of carbonyl (C=O) groups is 1. The summed E-state index contributed by atoms with van der Waals surface area (Å²) in [5, 5.41) is 21.6. The Balaban J connectivity index is 1.49. The molecular weight excluding hydrogens is 376 g/mol. The highest BCUT2D eigenvalue weighted by molar-refractivity contribution is 5.69. The molecule has 30 heavy (non-hydrogen) atoms. The van der Waals surface area contributed by atoms with Crippen LogP contribution in [-0.2, 0) is 9.53 Å². The Kier molecular flexibility index (Phi) is 6.31. The number of carbonyl (C=O) groups excluding carboxylic acids is 1. The zero-order valence-electron chi connectivity index (χ0n) is 19.6. The molecule has 0 aromatic rings. The Morgan fingerprint density at radius 3 is 2.47 bits per heavy atom. The number of esters is 1. The fraction of sp³-hybridized carbons (Fsp3) is 0.962.